The van der Waals surface area contributed by atoms with Crippen molar-refractivity contribution in [1.29, 1.82) is 5.26 Å². The number of halogens is 1. The van der Waals surface area contributed by atoms with Gasteiger partial charge in [-0.25, -0.2) is 12.8 Å². The molecule has 21 heavy (non-hydrogen) atoms. The summed E-state index contributed by atoms with van der Waals surface area (Å²) in [7, 11) is -3.91. The van der Waals surface area contributed by atoms with E-state index in [-0.39, 0.29) is 23.3 Å². The van der Waals surface area contributed by atoms with E-state index in [1.165, 1.54) is 16.4 Å². The summed E-state index contributed by atoms with van der Waals surface area (Å²) in [6.07, 6.45) is 1.02. The molecule has 5 nitrogen and oxygen atoms in total. The fraction of sp³-hybridized carbons (Fsp3) is 0.500. The predicted molar refractivity (Wildman–Crippen MR) is 72.1 cm³/mol. The highest BCUT2D eigenvalue weighted by atomic mass is 32.2. The van der Waals surface area contributed by atoms with Crippen molar-refractivity contribution in [1.82, 2.24) is 4.31 Å². The first-order chi connectivity index (χ1) is 9.95. The van der Waals surface area contributed by atoms with Gasteiger partial charge in [-0.05, 0) is 30.9 Å². The average molecular weight is 310 g/mol. The van der Waals surface area contributed by atoms with Crippen LogP contribution in [0.3, 0.4) is 0 Å². The maximum absolute atomic E-state index is 13.6. The zero-order chi connectivity index (χ0) is 15.2. The van der Waals surface area contributed by atoms with E-state index in [4.69, 9.17) is 5.26 Å². The van der Waals surface area contributed by atoms with Crippen molar-refractivity contribution in [3.63, 3.8) is 0 Å². The van der Waals surface area contributed by atoms with E-state index in [0.717, 1.165) is 12.5 Å². The van der Waals surface area contributed by atoms with Crippen LogP contribution in [0, 0.1) is 29.0 Å². The normalized spacial score (nSPS) is 29.3. The molecule has 2 fully saturated rings. The highest BCUT2D eigenvalue weighted by molar-refractivity contribution is 7.89. The predicted octanol–water partition coefficient (Wildman–Crippen LogP) is 1.09. The second-order valence-corrected chi connectivity index (χ2v) is 7.52. The second kappa shape index (κ2) is 5.05. The molecule has 0 radical (unpaired) electrons. The number of sulfonamides is 1. The third-order valence-electron chi connectivity index (χ3n) is 4.49. The summed E-state index contributed by atoms with van der Waals surface area (Å²) in [4.78, 5) is -0.292. The molecule has 1 saturated carbocycles. The van der Waals surface area contributed by atoms with Gasteiger partial charge in [-0.15, -0.1) is 0 Å². The van der Waals surface area contributed by atoms with Gasteiger partial charge in [0.2, 0.25) is 10.0 Å². The Labute approximate surface area is 122 Å². The van der Waals surface area contributed by atoms with E-state index in [1.54, 1.807) is 6.07 Å². The summed E-state index contributed by atoms with van der Waals surface area (Å²) >= 11 is 0. The van der Waals surface area contributed by atoms with Crippen LogP contribution < -0.4 is 0 Å². The summed E-state index contributed by atoms with van der Waals surface area (Å²) in [6, 6.07) is 5.23. The van der Waals surface area contributed by atoms with Gasteiger partial charge in [0.1, 0.15) is 22.3 Å². The maximum atomic E-state index is 13.6. The third-order valence-corrected chi connectivity index (χ3v) is 6.36. The lowest BCUT2D eigenvalue weighted by Crippen LogP contribution is -2.31. The number of aliphatic hydroxyl groups is 1. The van der Waals surface area contributed by atoms with Gasteiger partial charge in [0, 0.05) is 19.0 Å². The molecule has 0 spiro atoms. The van der Waals surface area contributed by atoms with Gasteiger partial charge < -0.3 is 5.11 Å². The molecule has 0 aromatic heterocycles. The van der Waals surface area contributed by atoms with Crippen LogP contribution in [0.5, 0.6) is 0 Å². The quantitative estimate of drug-likeness (QED) is 0.886. The first kappa shape index (κ1) is 14.4. The molecule has 0 amide bonds. The number of hydrogen-bond donors (Lipinski definition) is 1. The van der Waals surface area contributed by atoms with Crippen molar-refractivity contribution in [2.24, 2.45) is 11.8 Å². The number of fused-ring (bicyclic) bond motifs is 1. The lowest BCUT2D eigenvalue weighted by Gasteiger charge is -2.19. The molecule has 1 aromatic rings. The Kier molecular flexibility index (Phi) is 3.48. The van der Waals surface area contributed by atoms with Crippen molar-refractivity contribution < 1.29 is 17.9 Å². The fourth-order valence-corrected chi connectivity index (χ4v) is 5.04. The molecule has 1 N–H and O–H groups in total. The van der Waals surface area contributed by atoms with Crippen molar-refractivity contribution in [2.45, 2.75) is 23.8 Å². The second-order valence-electron chi connectivity index (χ2n) is 5.62. The van der Waals surface area contributed by atoms with Crippen molar-refractivity contribution in [2.75, 3.05) is 13.1 Å². The van der Waals surface area contributed by atoms with Gasteiger partial charge in [0.15, 0.2) is 0 Å². The first-order valence-corrected chi connectivity index (χ1v) is 8.26. The maximum Gasteiger partial charge on any atom is 0.244 e. The van der Waals surface area contributed by atoms with Gasteiger partial charge >= 0.3 is 0 Å². The largest absolute Gasteiger partial charge is 0.393 e. The number of aliphatic hydroxyl groups excluding tert-OH is 1. The van der Waals surface area contributed by atoms with Gasteiger partial charge in [-0.2, -0.15) is 9.57 Å². The zero-order valence-electron chi connectivity index (χ0n) is 11.2. The lowest BCUT2D eigenvalue weighted by atomic mass is 10.00. The van der Waals surface area contributed by atoms with Crippen LogP contribution in [0.1, 0.15) is 18.4 Å². The van der Waals surface area contributed by atoms with E-state index in [0.29, 0.717) is 13.0 Å². The van der Waals surface area contributed by atoms with Crippen LogP contribution in [0.2, 0.25) is 0 Å². The van der Waals surface area contributed by atoms with Crippen LogP contribution in [0.25, 0.3) is 0 Å². The molecule has 3 atom stereocenters. The summed E-state index contributed by atoms with van der Waals surface area (Å²) in [5.41, 5.74) is -0.449. The number of benzene rings is 1. The molecule has 3 unspecified atom stereocenters. The van der Waals surface area contributed by atoms with Gasteiger partial charge in [-0.1, -0.05) is 6.07 Å². The van der Waals surface area contributed by atoms with E-state index in [9.17, 15) is 17.9 Å². The Morgan fingerprint density at radius 2 is 2.10 bits per heavy atom. The number of nitriles is 1. The number of rotatable bonds is 2. The van der Waals surface area contributed by atoms with E-state index >= 15 is 0 Å². The molecule has 0 bridgehead atoms. The monoisotopic (exact) mass is 310 g/mol. The summed E-state index contributed by atoms with van der Waals surface area (Å²) in [5, 5.41) is 18.9. The molecule has 1 aliphatic heterocycles. The molecule has 1 saturated heterocycles. The lowest BCUT2D eigenvalue weighted by molar-refractivity contribution is 0.129. The van der Waals surface area contributed by atoms with Crippen LogP contribution in [0.4, 0.5) is 4.39 Å². The Hall–Kier alpha value is -1.49. The van der Waals surface area contributed by atoms with Crippen molar-refractivity contribution in [3.8, 4) is 6.07 Å². The van der Waals surface area contributed by atoms with Crippen LogP contribution in [0.15, 0.2) is 23.1 Å². The average Bonchev–Trinajstić information content (AvgIpc) is 3.01. The van der Waals surface area contributed by atoms with Gasteiger partial charge in [-0.3, -0.25) is 0 Å². The Bertz CT molecular complexity index is 713. The Balaban J connectivity index is 1.96. The smallest absolute Gasteiger partial charge is 0.244 e. The summed E-state index contributed by atoms with van der Waals surface area (Å²) < 4.78 is 40.1. The van der Waals surface area contributed by atoms with E-state index < -0.39 is 27.5 Å². The molecule has 112 valence electrons. The van der Waals surface area contributed by atoms with Crippen molar-refractivity contribution >= 4 is 10.0 Å². The minimum absolute atomic E-state index is 0.0566. The Morgan fingerprint density at radius 3 is 2.76 bits per heavy atom. The highest BCUT2D eigenvalue weighted by Crippen LogP contribution is 2.40. The van der Waals surface area contributed by atoms with E-state index in [2.05, 4.69) is 0 Å². The standard InChI is InChI=1S/C14H15FN2O3S/c15-12-2-1-3-14(10(12)6-16)21(19,20)17-7-9-4-5-13(18)11(9)8-17/h1-3,9,11,13,18H,4-5,7-8H2. The SMILES string of the molecule is N#Cc1c(F)cccc1S(=O)(=O)N1CC2CCC(O)C2C1. The Morgan fingerprint density at radius 1 is 1.33 bits per heavy atom. The third kappa shape index (κ3) is 2.24. The molecule has 1 aromatic carbocycles. The van der Waals surface area contributed by atoms with Gasteiger partial charge in [0.05, 0.1) is 6.10 Å². The number of hydrogen-bond acceptors (Lipinski definition) is 4. The molecule has 1 aliphatic carbocycles. The minimum atomic E-state index is -3.91. The van der Waals surface area contributed by atoms with Gasteiger partial charge in [0.25, 0.3) is 0 Å². The molecule has 3 rings (SSSR count). The van der Waals surface area contributed by atoms with Crippen LogP contribution >= 0.6 is 0 Å². The summed E-state index contributed by atoms with van der Waals surface area (Å²) in [6.45, 7) is 0.557. The molecular formula is C14H15FN2O3S. The molecule has 2 aliphatic rings. The minimum Gasteiger partial charge on any atom is -0.393 e. The highest BCUT2D eigenvalue weighted by Gasteiger charge is 2.46. The van der Waals surface area contributed by atoms with Crippen LogP contribution in [-0.2, 0) is 10.0 Å². The van der Waals surface area contributed by atoms with Crippen LogP contribution in [-0.4, -0.2) is 37.0 Å². The zero-order valence-corrected chi connectivity index (χ0v) is 12.1. The molecular weight excluding hydrogens is 295 g/mol. The van der Waals surface area contributed by atoms with E-state index in [1.807, 2.05) is 0 Å². The summed E-state index contributed by atoms with van der Waals surface area (Å²) in [5.74, 6) is -0.745. The fourth-order valence-electron chi connectivity index (χ4n) is 3.36. The topological polar surface area (TPSA) is 81.4 Å². The molecule has 1 heterocycles. The number of nitrogens with zero attached hydrogens (tertiary/aromatic N) is 2. The molecule has 7 heteroatoms. The van der Waals surface area contributed by atoms with Crippen molar-refractivity contribution in [3.05, 3.63) is 29.6 Å². The first-order valence-electron chi connectivity index (χ1n) is 6.82.